The van der Waals surface area contributed by atoms with Gasteiger partial charge in [0.1, 0.15) is 0 Å². The summed E-state index contributed by atoms with van der Waals surface area (Å²) < 4.78 is 6.10. The first-order valence-corrected chi connectivity index (χ1v) is 6.10. The lowest BCUT2D eigenvalue weighted by atomic mass is 9.57. The first-order chi connectivity index (χ1) is 6.68. The molecule has 10 atom stereocenters. The van der Waals surface area contributed by atoms with Gasteiger partial charge in [-0.05, 0) is 48.9 Å². The van der Waals surface area contributed by atoms with Crippen LogP contribution in [0.15, 0.2) is 0 Å². The molecular formula is C12H14O2. The summed E-state index contributed by atoms with van der Waals surface area (Å²) in [6.07, 6.45) is 1.43. The van der Waals surface area contributed by atoms with E-state index < -0.39 is 5.79 Å². The minimum atomic E-state index is -0.652. The quantitative estimate of drug-likeness (QED) is 0.613. The fourth-order valence-electron chi connectivity index (χ4n) is 7.54. The Morgan fingerprint density at radius 3 is 2.64 bits per heavy atom. The van der Waals surface area contributed by atoms with E-state index in [1.165, 1.54) is 6.42 Å². The first kappa shape index (κ1) is 6.49. The zero-order chi connectivity index (χ0) is 9.03. The van der Waals surface area contributed by atoms with E-state index in [9.17, 15) is 5.11 Å². The number of hydrogen-bond donors (Lipinski definition) is 1. The maximum atomic E-state index is 10.7. The predicted octanol–water partition coefficient (Wildman–Crippen LogP) is 0.852. The van der Waals surface area contributed by atoms with Crippen molar-refractivity contribution in [3.8, 4) is 0 Å². The lowest BCUT2D eigenvalue weighted by molar-refractivity contribution is -0.208. The molecule has 5 aliphatic carbocycles. The summed E-state index contributed by atoms with van der Waals surface area (Å²) >= 11 is 0. The fraction of sp³-hybridized carbons (Fsp3) is 1.00. The Morgan fingerprint density at radius 2 is 1.79 bits per heavy atom. The largest absolute Gasteiger partial charge is 0.365 e. The van der Waals surface area contributed by atoms with E-state index in [0.717, 1.165) is 35.5 Å². The van der Waals surface area contributed by atoms with Gasteiger partial charge in [0.05, 0.1) is 5.60 Å². The van der Waals surface area contributed by atoms with Gasteiger partial charge in [-0.2, -0.15) is 0 Å². The highest BCUT2D eigenvalue weighted by Gasteiger charge is 2.96. The molecule has 2 heterocycles. The van der Waals surface area contributed by atoms with Gasteiger partial charge in [0.2, 0.25) is 0 Å². The minimum absolute atomic E-state index is 0.0984. The Bertz CT molecular complexity index is 367. The van der Waals surface area contributed by atoms with Crippen LogP contribution < -0.4 is 0 Å². The molecule has 0 amide bonds. The fourth-order valence-corrected chi connectivity index (χ4v) is 7.54. The SMILES string of the molecule is C[C@@]12O[C@@]3(O)[C@@H]4[C@H]5[C@@H]6C[C@H]([C@H]5[C@H]41)[C@@H]2[C@H]63. The van der Waals surface area contributed by atoms with Crippen LogP contribution in [-0.4, -0.2) is 16.5 Å². The van der Waals surface area contributed by atoms with Gasteiger partial charge in [-0.1, -0.05) is 0 Å². The molecule has 14 heavy (non-hydrogen) atoms. The van der Waals surface area contributed by atoms with Crippen molar-refractivity contribution in [1.82, 2.24) is 0 Å². The molecule has 7 fully saturated rings. The summed E-state index contributed by atoms with van der Waals surface area (Å²) in [7, 11) is 0. The molecule has 0 aromatic carbocycles. The van der Waals surface area contributed by atoms with Crippen LogP contribution in [0.2, 0.25) is 0 Å². The van der Waals surface area contributed by atoms with Crippen molar-refractivity contribution in [2.75, 3.05) is 0 Å². The maximum Gasteiger partial charge on any atom is 0.173 e. The van der Waals surface area contributed by atoms with Crippen LogP contribution in [0.25, 0.3) is 0 Å². The molecule has 0 unspecified atom stereocenters. The number of ether oxygens (including phenoxy) is 1. The second kappa shape index (κ2) is 1.28. The topological polar surface area (TPSA) is 29.5 Å². The molecule has 2 nitrogen and oxygen atoms in total. The standard InChI is InChI=1S/C12H14O2/c1-11-7-3-2-4-6-5(3)9(11)10(6)12(13,14-11)8(4)7/h3-10,13H,2H2,1H3/t3-,4+,5-,6+,7-,8+,9-,10-,11+,12-/m1/s1. The van der Waals surface area contributed by atoms with E-state index in [1.54, 1.807) is 0 Å². The van der Waals surface area contributed by atoms with Crippen molar-refractivity contribution in [2.24, 2.45) is 47.3 Å². The van der Waals surface area contributed by atoms with Crippen molar-refractivity contribution in [3.05, 3.63) is 0 Å². The Morgan fingerprint density at radius 1 is 1.07 bits per heavy atom. The van der Waals surface area contributed by atoms with Gasteiger partial charge in [0.25, 0.3) is 0 Å². The van der Waals surface area contributed by atoms with Crippen molar-refractivity contribution in [2.45, 2.75) is 24.7 Å². The summed E-state index contributed by atoms with van der Waals surface area (Å²) in [5.41, 5.74) is 0.0984. The molecule has 0 aromatic rings. The van der Waals surface area contributed by atoms with E-state index >= 15 is 0 Å². The third-order valence-corrected chi connectivity index (χ3v) is 7.17. The lowest BCUT2D eigenvalue weighted by Crippen LogP contribution is -2.50. The van der Waals surface area contributed by atoms with Crippen molar-refractivity contribution in [3.63, 3.8) is 0 Å². The van der Waals surface area contributed by atoms with E-state index in [0.29, 0.717) is 11.8 Å². The van der Waals surface area contributed by atoms with Crippen molar-refractivity contribution in [1.29, 1.82) is 0 Å². The van der Waals surface area contributed by atoms with E-state index in [2.05, 4.69) is 6.92 Å². The van der Waals surface area contributed by atoms with Crippen LogP contribution in [0, 0.1) is 47.3 Å². The lowest BCUT2D eigenvalue weighted by Gasteiger charge is -2.45. The summed E-state index contributed by atoms with van der Waals surface area (Å²) in [5, 5.41) is 10.7. The first-order valence-electron chi connectivity index (χ1n) is 6.10. The average Bonchev–Trinajstić information content (AvgIpc) is 2.60. The Labute approximate surface area is 82.6 Å². The average molecular weight is 190 g/mol. The highest BCUT2D eigenvalue weighted by Crippen LogP contribution is 2.92. The molecule has 5 saturated carbocycles. The Hall–Kier alpha value is -0.0800. The number of rotatable bonds is 0. The van der Waals surface area contributed by atoms with Crippen LogP contribution in [0.1, 0.15) is 13.3 Å². The van der Waals surface area contributed by atoms with Gasteiger partial charge in [-0.15, -0.1) is 0 Å². The number of hydrogen-bond acceptors (Lipinski definition) is 2. The van der Waals surface area contributed by atoms with Crippen LogP contribution in [0.4, 0.5) is 0 Å². The molecule has 0 aromatic heterocycles. The summed E-state index contributed by atoms with van der Waals surface area (Å²) in [6, 6.07) is 0. The van der Waals surface area contributed by atoms with Gasteiger partial charge in [-0.3, -0.25) is 0 Å². The van der Waals surface area contributed by atoms with E-state index in [1.807, 2.05) is 0 Å². The number of aliphatic hydroxyl groups is 1. The van der Waals surface area contributed by atoms with Gasteiger partial charge in [0, 0.05) is 11.8 Å². The highest BCUT2D eigenvalue weighted by atomic mass is 16.7. The predicted molar refractivity (Wildman–Crippen MR) is 47.0 cm³/mol. The van der Waals surface area contributed by atoms with E-state index in [4.69, 9.17) is 4.74 Å². The molecule has 1 N–H and O–H groups in total. The van der Waals surface area contributed by atoms with Gasteiger partial charge >= 0.3 is 0 Å². The highest BCUT2D eigenvalue weighted by molar-refractivity contribution is 5.40. The van der Waals surface area contributed by atoms with Crippen molar-refractivity contribution < 1.29 is 9.84 Å². The van der Waals surface area contributed by atoms with Gasteiger partial charge < -0.3 is 9.84 Å². The Balaban J connectivity index is 1.83. The molecule has 2 heteroatoms. The molecule has 2 saturated heterocycles. The van der Waals surface area contributed by atoms with Crippen LogP contribution in [0.3, 0.4) is 0 Å². The van der Waals surface area contributed by atoms with Crippen LogP contribution in [0.5, 0.6) is 0 Å². The molecule has 0 spiro atoms. The second-order valence-electron chi connectivity index (χ2n) is 6.86. The smallest absolute Gasteiger partial charge is 0.173 e. The van der Waals surface area contributed by atoms with Gasteiger partial charge in [-0.25, -0.2) is 0 Å². The molecule has 7 aliphatic rings. The molecule has 4 bridgehead atoms. The summed E-state index contributed by atoms with van der Waals surface area (Å²) in [5.74, 6) is 5.57. The molecule has 74 valence electrons. The third-order valence-electron chi connectivity index (χ3n) is 7.17. The van der Waals surface area contributed by atoms with Crippen LogP contribution in [-0.2, 0) is 4.74 Å². The van der Waals surface area contributed by atoms with Crippen LogP contribution >= 0.6 is 0 Å². The zero-order valence-corrected chi connectivity index (χ0v) is 8.18. The normalized spacial score (nSPS) is 93.0. The van der Waals surface area contributed by atoms with Gasteiger partial charge in [0.15, 0.2) is 5.79 Å². The summed E-state index contributed by atoms with van der Waals surface area (Å²) in [6.45, 7) is 2.30. The third kappa shape index (κ3) is 0.291. The maximum absolute atomic E-state index is 10.7. The summed E-state index contributed by atoms with van der Waals surface area (Å²) in [4.78, 5) is 0. The monoisotopic (exact) mass is 190 g/mol. The second-order valence-corrected chi connectivity index (χ2v) is 6.86. The molecule has 0 radical (unpaired) electrons. The molecule has 2 aliphatic heterocycles. The van der Waals surface area contributed by atoms with Crippen molar-refractivity contribution >= 4 is 0 Å². The zero-order valence-electron chi connectivity index (χ0n) is 8.18. The molecular weight excluding hydrogens is 176 g/mol. The minimum Gasteiger partial charge on any atom is -0.365 e. The Kier molecular flexibility index (Phi) is 0.592. The van der Waals surface area contributed by atoms with E-state index in [-0.39, 0.29) is 5.60 Å². The molecule has 7 rings (SSSR count).